The lowest BCUT2D eigenvalue weighted by Gasteiger charge is -2.20. The molecule has 0 spiro atoms. The number of anilines is 1. The molecule has 1 atom stereocenters. The lowest BCUT2D eigenvalue weighted by molar-refractivity contribution is -0.141. The maximum atomic E-state index is 11.9. The second-order valence-corrected chi connectivity index (χ2v) is 4.76. The highest BCUT2D eigenvalue weighted by Crippen LogP contribution is 2.23. The SMILES string of the molecule is CC(CN(C)C(=O)Nc1ccc(C#N)cc1Cl)C(=O)O. The molecular formula is C13H14ClN3O3. The summed E-state index contributed by atoms with van der Waals surface area (Å²) in [7, 11) is 1.49. The molecule has 0 aliphatic heterocycles. The number of nitriles is 1. The number of halogens is 1. The van der Waals surface area contributed by atoms with Gasteiger partial charge in [0.25, 0.3) is 0 Å². The molecule has 0 bridgehead atoms. The molecule has 0 radical (unpaired) electrons. The van der Waals surface area contributed by atoms with Crippen molar-refractivity contribution in [1.82, 2.24) is 4.90 Å². The molecule has 106 valence electrons. The summed E-state index contributed by atoms with van der Waals surface area (Å²) in [5, 5.41) is 20.3. The molecule has 6 nitrogen and oxygen atoms in total. The Hall–Kier alpha value is -2.26. The van der Waals surface area contributed by atoms with Crippen LogP contribution in [0.25, 0.3) is 0 Å². The Kier molecular flexibility index (Phi) is 5.35. The van der Waals surface area contributed by atoms with Gasteiger partial charge in [-0.3, -0.25) is 4.79 Å². The van der Waals surface area contributed by atoms with Gasteiger partial charge in [0.15, 0.2) is 0 Å². The highest BCUT2D eigenvalue weighted by atomic mass is 35.5. The number of hydrogen-bond acceptors (Lipinski definition) is 3. The molecule has 0 aliphatic carbocycles. The highest BCUT2D eigenvalue weighted by Gasteiger charge is 2.18. The number of carboxylic acid groups (broad SMARTS) is 1. The van der Waals surface area contributed by atoms with Gasteiger partial charge in [-0.1, -0.05) is 18.5 Å². The van der Waals surface area contributed by atoms with Crippen LogP contribution in [-0.4, -0.2) is 35.6 Å². The summed E-state index contributed by atoms with van der Waals surface area (Å²) in [6, 6.07) is 5.96. The fourth-order valence-corrected chi connectivity index (χ4v) is 1.70. The maximum Gasteiger partial charge on any atom is 0.321 e. The van der Waals surface area contributed by atoms with Gasteiger partial charge >= 0.3 is 12.0 Å². The minimum absolute atomic E-state index is 0.0784. The number of benzene rings is 1. The summed E-state index contributed by atoms with van der Waals surface area (Å²) in [6.45, 7) is 1.59. The van der Waals surface area contributed by atoms with Crippen molar-refractivity contribution in [2.45, 2.75) is 6.92 Å². The van der Waals surface area contributed by atoms with Gasteiger partial charge in [0, 0.05) is 13.6 Å². The summed E-state index contributed by atoms with van der Waals surface area (Å²) in [5.74, 6) is -1.64. The molecule has 0 aromatic heterocycles. The van der Waals surface area contributed by atoms with E-state index in [4.69, 9.17) is 22.0 Å². The van der Waals surface area contributed by atoms with E-state index in [-0.39, 0.29) is 11.6 Å². The Labute approximate surface area is 121 Å². The second kappa shape index (κ2) is 6.78. The first-order valence-electron chi connectivity index (χ1n) is 5.79. The Morgan fingerprint density at radius 1 is 1.55 bits per heavy atom. The molecule has 1 aromatic carbocycles. The van der Waals surface area contributed by atoms with Gasteiger partial charge in [-0.15, -0.1) is 0 Å². The maximum absolute atomic E-state index is 11.9. The number of carbonyl (C=O) groups excluding carboxylic acids is 1. The zero-order valence-electron chi connectivity index (χ0n) is 11.1. The van der Waals surface area contributed by atoms with Gasteiger partial charge in [-0.05, 0) is 18.2 Å². The van der Waals surface area contributed by atoms with Crippen molar-refractivity contribution in [3.63, 3.8) is 0 Å². The summed E-state index contributed by atoms with van der Waals surface area (Å²) in [6.07, 6.45) is 0. The molecule has 20 heavy (non-hydrogen) atoms. The van der Waals surface area contributed by atoms with Crippen LogP contribution in [0.2, 0.25) is 5.02 Å². The first kappa shape index (κ1) is 15.8. The van der Waals surface area contributed by atoms with Crippen LogP contribution >= 0.6 is 11.6 Å². The molecule has 0 saturated carbocycles. The molecular weight excluding hydrogens is 282 g/mol. The standard InChI is InChI=1S/C13H14ClN3O3/c1-8(12(18)19)7-17(2)13(20)16-11-4-3-9(6-15)5-10(11)14/h3-5,8H,7H2,1-2H3,(H,16,20)(H,18,19). The molecule has 0 aliphatic rings. The number of aliphatic carboxylic acids is 1. The minimum atomic E-state index is -0.971. The summed E-state index contributed by atoms with van der Waals surface area (Å²) in [5.41, 5.74) is 0.756. The molecule has 1 unspecified atom stereocenters. The first-order valence-corrected chi connectivity index (χ1v) is 6.17. The summed E-state index contributed by atoms with van der Waals surface area (Å²) in [4.78, 5) is 23.9. The number of hydrogen-bond donors (Lipinski definition) is 2. The van der Waals surface area contributed by atoms with E-state index in [9.17, 15) is 9.59 Å². The van der Waals surface area contributed by atoms with Gasteiger partial charge < -0.3 is 15.3 Å². The van der Waals surface area contributed by atoms with Crippen LogP contribution in [0.4, 0.5) is 10.5 Å². The highest BCUT2D eigenvalue weighted by molar-refractivity contribution is 6.33. The summed E-state index contributed by atoms with van der Waals surface area (Å²) < 4.78 is 0. The van der Waals surface area contributed by atoms with Crippen molar-refractivity contribution in [1.29, 1.82) is 5.26 Å². The van der Waals surface area contributed by atoms with Crippen LogP contribution < -0.4 is 5.32 Å². The van der Waals surface area contributed by atoms with Crippen molar-refractivity contribution in [3.05, 3.63) is 28.8 Å². The normalized spacial score (nSPS) is 11.3. The monoisotopic (exact) mass is 295 g/mol. The fourth-order valence-electron chi connectivity index (χ4n) is 1.47. The molecule has 0 heterocycles. The van der Waals surface area contributed by atoms with Crippen LogP contribution in [0, 0.1) is 17.2 Å². The van der Waals surface area contributed by atoms with Gasteiger partial charge in [0.2, 0.25) is 0 Å². The largest absolute Gasteiger partial charge is 0.481 e. The number of nitrogens with zero attached hydrogens (tertiary/aromatic N) is 2. The first-order chi connectivity index (χ1) is 9.35. The number of urea groups is 1. The molecule has 2 amide bonds. The third-order valence-corrected chi connectivity index (χ3v) is 2.97. The van der Waals surface area contributed by atoms with Crippen LogP contribution in [0.3, 0.4) is 0 Å². The van der Waals surface area contributed by atoms with Gasteiger partial charge in [0.1, 0.15) is 0 Å². The smallest absolute Gasteiger partial charge is 0.321 e. The van der Waals surface area contributed by atoms with Crippen LogP contribution in [-0.2, 0) is 4.79 Å². The zero-order valence-corrected chi connectivity index (χ0v) is 11.8. The Balaban J connectivity index is 2.71. The van der Waals surface area contributed by atoms with Gasteiger partial charge in [0.05, 0.1) is 28.3 Å². The second-order valence-electron chi connectivity index (χ2n) is 4.36. The minimum Gasteiger partial charge on any atom is -0.481 e. The lowest BCUT2D eigenvalue weighted by Crippen LogP contribution is -2.36. The summed E-state index contributed by atoms with van der Waals surface area (Å²) >= 11 is 5.93. The average molecular weight is 296 g/mol. The molecule has 1 aromatic rings. The van der Waals surface area contributed by atoms with Crippen molar-refractivity contribution in [2.75, 3.05) is 18.9 Å². The molecule has 1 rings (SSSR count). The van der Waals surface area contributed by atoms with Crippen LogP contribution in [0.5, 0.6) is 0 Å². The Bertz CT molecular complexity index is 568. The number of rotatable bonds is 4. The van der Waals surface area contributed by atoms with E-state index in [0.29, 0.717) is 11.3 Å². The Morgan fingerprint density at radius 3 is 2.70 bits per heavy atom. The average Bonchev–Trinajstić information content (AvgIpc) is 2.40. The van der Waals surface area contributed by atoms with E-state index in [1.54, 1.807) is 0 Å². The van der Waals surface area contributed by atoms with Crippen molar-refractivity contribution >= 4 is 29.3 Å². The van der Waals surface area contributed by atoms with E-state index in [2.05, 4.69) is 5.32 Å². The molecule has 0 saturated heterocycles. The predicted octanol–water partition coefficient (Wildman–Crippen LogP) is 2.40. The number of amides is 2. The third-order valence-electron chi connectivity index (χ3n) is 2.66. The number of carbonyl (C=O) groups is 2. The number of carboxylic acids is 1. The van der Waals surface area contributed by atoms with Crippen molar-refractivity contribution in [2.24, 2.45) is 5.92 Å². The molecule has 2 N–H and O–H groups in total. The van der Waals surface area contributed by atoms with Gasteiger partial charge in [-0.2, -0.15) is 5.26 Å². The fraction of sp³-hybridized carbons (Fsp3) is 0.308. The zero-order chi connectivity index (χ0) is 15.3. The van der Waals surface area contributed by atoms with E-state index < -0.39 is 17.9 Å². The topological polar surface area (TPSA) is 93.4 Å². The lowest BCUT2D eigenvalue weighted by atomic mass is 10.2. The van der Waals surface area contributed by atoms with E-state index in [1.165, 1.54) is 37.1 Å². The van der Waals surface area contributed by atoms with E-state index in [0.717, 1.165) is 0 Å². The Morgan fingerprint density at radius 2 is 2.20 bits per heavy atom. The predicted molar refractivity (Wildman–Crippen MR) is 74.6 cm³/mol. The van der Waals surface area contributed by atoms with E-state index >= 15 is 0 Å². The van der Waals surface area contributed by atoms with Gasteiger partial charge in [-0.25, -0.2) is 4.79 Å². The van der Waals surface area contributed by atoms with E-state index in [1.807, 2.05) is 6.07 Å². The van der Waals surface area contributed by atoms with Crippen molar-refractivity contribution in [3.8, 4) is 6.07 Å². The van der Waals surface area contributed by atoms with Crippen molar-refractivity contribution < 1.29 is 14.7 Å². The van der Waals surface area contributed by atoms with Crippen LogP contribution in [0.15, 0.2) is 18.2 Å². The molecule has 0 fully saturated rings. The number of nitrogens with one attached hydrogen (secondary N) is 1. The molecule has 7 heteroatoms. The third kappa shape index (κ3) is 4.14. The van der Waals surface area contributed by atoms with Crippen LogP contribution in [0.1, 0.15) is 12.5 Å². The quantitative estimate of drug-likeness (QED) is 0.892.